The molecule has 11 heteroatoms. The Balaban J connectivity index is 1.08. The number of amides is 2. The number of hydrogen-bond donors (Lipinski definition) is 4. The largest absolute Gasteiger partial charge is 0.395 e. The molecule has 0 bridgehead atoms. The average Bonchev–Trinajstić information content (AvgIpc) is 3.83. The first-order valence-corrected chi connectivity index (χ1v) is 16.5. The number of aliphatic hydroxyl groups is 2. The molecule has 47 heavy (non-hydrogen) atoms. The van der Waals surface area contributed by atoms with Crippen LogP contribution in [-0.2, 0) is 19.5 Å². The normalized spacial score (nSPS) is 19.1. The van der Waals surface area contributed by atoms with E-state index in [2.05, 4.69) is 37.7 Å². The fraction of sp³-hybridized carbons (Fsp3) is 0.389. The summed E-state index contributed by atoms with van der Waals surface area (Å²) in [6, 6.07) is 17.6. The Kier molecular flexibility index (Phi) is 8.87. The second kappa shape index (κ2) is 13.4. The lowest BCUT2D eigenvalue weighted by Gasteiger charge is -2.24. The van der Waals surface area contributed by atoms with Gasteiger partial charge in [0.15, 0.2) is 5.69 Å². The molecule has 0 radical (unpaired) electrons. The van der Waals surface area contributed by atoms with Crippen LogP contribution in [0.5, 0.6) is 0 Å². The van der Waals surface area contributed by atoms with E-state index in [9.17, 15) is 19.8 Å². The molecule has 3 aliphatic heterocycles. The van der Waals surface area contributed by atoms with Crippen LogP contribution in [-0.4, -0.2) is 80.6 Å². The number of nitrogens with one attached hydrogen (secondary N) is 2. The van der Waals surface area contributed by atoms with Crippen molar-refractivity contribution in [2.24, 2.45) is 0 Å². The van der Waals surface area contributed by atoms with Gasteiger partial charge in [-0.15, -0.1) is 0 Å². The zero-order valence-corrected chi connectivity index (χ0v) is 26.7. The average molecular weight is 636 g/mol. The molecule has 2 aromatic heterocycles. The van der Waals surface area contributed by atoms with E-state index in [1.807, 2.05) is 52.9 Å². The van der Waals surface area contributed by atoms with E-state index >= 15 is 0 Å². The summed E-state index contributed by atoms with van der Waals surface area (Å²) in [6.45, 7) is 6.12. The molecule has 1 unspecified atom stereocenters. The Labute approximate surface area is 274 Å². The summed E-state index contributed by atoms with van der Waals surface area (Å²) in [5.41, 5.74) is 8.44. The van der Waals surface area contributed by atoms with Crippen LogP contribution in [0, 0.1) is 6.92 Å². The van der Waals surface area contributed by atoms with Gasteiger partial charge in [0.2, 0.25) is 0 Å². The molecule has 4 N–H and O–H groups in total. The molecule has 1 fully saturated rings. The van der Waals surface area contributed by atoms with Gasteiger partial charge in [0.1, 0.15) is 5.69 Å². The summed E-state index contributed by atoms with van der Waals surface area (Å²) in [5.74, 6) is -0.391. The van der Waals surface area contributed by atoms with Crippen LogP contribution in [0.4, 0.5) is 11.4 Å². The van der Waals surface area contributed by atoms with Gasteiger partial charge in [-0.25, -0.2) is 0 Å². The summed E-state index contributed by atoms with van der Waals surface area (Å²) in [7, 11) is 0. The molecule has 11 nitrogen and oxygen atoms in total. The maximum atomic E-state index is 13.8. The molecule has 4 aromatic rings. The van der Waals surface area contributed by atoms with Gasteiger partial charge in [-0.3, -0.25) is 24.2 Å². The monoisotopic (exact) mass is 635 g/mol. The number of carbonyl (C=O) groups excluding carboxylic acids is 2. The Morgan fingerprint density at radius 1 is 1.00 bits per heavy atom. The van der Waals surface area contributed by atoms with E-state index in [0.29, 0.717) is 49.7 Å². The third-order valence-corrected chi connectivity index (χ3v) is 9.61. The van der Waals surface area contributed by atoms with E-state index in [4.69, 9.17) is 0 Å². The summed E-state index contributed by atoms with van der Waals surface area (Å²) in [5, 5.41) is 30.2. The number of β-amino-alcohol motifs (C(OH)–C–C–N with tert-alkyl or cyclic N) is 1. The number of benzene rings is 2. The van der Waals surface area contributed by atoms with Crippen molar-refractivity contribution in [1.82, 2.24) is 25.0 Å². The highest BCUT2D eigenvalue weighted by Gasteiger charge is 2.31. The lowest BCUT2D eigenvalue weighted by molar-refractivity contribution is 0.0982. The number of nitrogens with zero attached hydrogens (tertiary/aromatic N) is 5. The van der Waals surface area contributed by atoms with Crippen molar-refractivity contribution in [1.29, 1.82) is 0 Å². The van der Waals surface area contributed by atoms with Crippen molar-refractivity contribution in [2.75, 3.05) is 43.0 Å². The van der Waals surface area contributed by atoms with Crippen molar-refractivity contribution in [3.63, 3.8) is 0 Å². The highest BCUT2D eigenvalue weighted by molar-refractivity contribution is 6.07. The van der Waals surface area contributed by atoms with Gasteiger partial charge in [0.25, 0.3) is 11.8 Å². The maximum absolute atomic E-state index is 13.8. The predicted octanol–water partition coefficient (Wildman–Crippen LogP) is 3.69. The number of aliphatic hydroxyl groups excluding tert-OH is 2. The van der Waals surface area contributed by atoms with Crippen LogP contribution in [0.3, 0.4) is 0 Å². The van der Waals surface area contributed by atoms with E-state index in [-0.39, 0.29) is 30.6 Å². The Morgan fingerprint density at radius 3 is 2.64 bits per heavy atom. The molecular formula is C36H41N7O4. The minimum absolute atomic E-state index is 0.0652. The fourth-order valence-corrected chi connectivity index (χ4v) is 7.19. The molecule has 5 heterocycles. The van der Waals surface area contributed by atoms with Gasteiger partial charge < -0.3 is 25.7 Å². The number of hydrogen-bond acceptors (Lipinski definition) is 8. The smallest absolute Gasteiger partial charge is 0.278 e. The number of fused-ring (bicyclic) bond motifs is 2. The predicted molar refractivity (Wildman–Crippen MR) is 179 cm³/mol. The molecule has 0 saturated carbocycles. The number of likely N-dealkylation sites (tertiary alicyclic amines) is 1. The van der Waals surface area contributed by atoms with Gasteiger partial charge in [0, 0.05) is 62.9 Å². The Morgan fingerprint density at radius 2 is 1.85 bits per heavy atom. The Hall–Kier alpha value is -4.42. The summed E-state index contributed by atoms with van der Waals surface area (Å²) in [4.78, 5) is 35.5. The molecular weight excluding hydrogens is 594 g/mol. The number of aryl methyl sites for hydroxylation is 1. The minimum atomic E-state index is -0.278. The van der Waals surface area contributed by atoms with Crippen molar-refractivity contribution in [3.8, 4) is 11.1 Å². The van der Waals surface area contributed by atoms with Crippen LogP contribution in [0.25, 0.3) is 11.1 Å². The van der Waals surface area contributed by atoms with Crippen molar-refractivity contribution >= 4 is 23.2 Å². The molecule has 2 aromatic carbocycles. The first-order chi connectivity index (χ1) is 22.9. The summed E-state index contributed by atoms with van der Waals surface area (Å²) < 4.78 is 1.92. The van der Waals surface area contributed by atoms with Crippen molar-refractivity contribution < 1.29 is 19.8 Å². The first kappa shape index (κ1) is 31.2. The van der Waals surface area contributed by atoms with Crippen LogP contribution in [0.15, 0.2) is 60.8 Å². The van der Waals surface area contributed by atoms with Crippen molar-refractivity contribution in [3.05, 3.63) is 94.6 Å². The number of rotatable bonds is 9. The lowest BCUT2D eigenvalue weighted by atomic mass is 9.93. The topological polar surface area (TPSA) is 136 Å². The molecule has 0 spiro atoms. The molecule has 244 valence electrons. The van der Waals surface area contributed by atoms with Gasteiger partial charge in [-0.05, 0) is 84.7 Å². The van der Waals surface area contributed by atoms with E-state index in [1.165, 1.54) is 0 Å². The molecule has 3 aliphatic rings. The number of carbonyl (C=O) groups is 2. The van der Waals surface area contributed by atoms with Gasteiger partial charge in [0.05, 0.1) is 18.4 Å². The highest BCUT2D eigenvalue weighted by Crippen LogP contribution is 2.39. The van der Waals surface area contributed by atoms with Crippen LogP contribution in [0.2, 0.25) is 0 Å². The van der Waals surface area contributed by atoms with Crippen LogP contribution in [0.1, 0.15) is 68.7 Å². The second-order valence-electron chi connectivity index (χ2n) is 12.7. The zero-order chi connectivity index (χ0) is 32.5. The first-order valence-electron chi connectivity index (χ1n) is 16.5. The lowest BCUT2D eigenvalue weighted by Crippen LogP contribution is -2.30. The van der Waals surface area contributed by atoms with Gasteiger partial charge >= 0.3 is 0 Å². The number of anilines is 2. The third-order valence-electron chi connectivity index (χ3n) is 9.61. The molecule has 1 saturated heterocycles. The van der Waals surface area contributed by atoms with E-state index in [1.54, 1.807) is 12.3 Å². The van der Waals surface area contributed by atoms with Gasteiger partial charge in [-0.2, -0.15) is 5.10 Å². The zero-order valence-electron chi connectivity index (χ0n) is 26.7. The highest BCUT2D eigenvalue weighted by atomic mass is 16.3. The minimum Gasteiger partial charge on any atom is -0.395 e. The molecule has 0 aliphatic carbocycles. The quantitative estimate of drug-likeness (QED) is 0.219. The van der Waals surface area contributed by atoms with Crippen molar-refractivity contribution in [2.45, 2.75) is 57.8 Å². The Bertz CT molecular complexity index is 1790. The van der Waals surface area contributed by atoms with E-state index < -0.39 is 0 Å². The SMILES string of the molecule is Cc1c(NC(=O)c2ccc(CN3CC[C@@H](O)C3)cn2)cccc1-c1cccc2c1CCN2C(=O)c1cc2n(n1)CCCC2NCCO. The van der Waals surface area contributed by atoms with E-state index in [0.717, 1.165) is 71.6 Å². The van der Waals surface area contributed by atoms with Gasteiger partial charge in [-0.1, -0.05) is 30.3 Å². The number of aromatic nitrogens is 3. The van der Waals surface area contributed by atoms with Crippen LogP contribution < -0.4 is 15.5 Å². The fourth-order valence-electron chi connectivity index (χ4n) is 7.19. The number of pyridine rings is 1. The van der Waals surface area contributed by atoms with Crippen LogP contribution >= 0.6 is 0 Å². The molecule has 2 atom stereocenters. The maximum Gasteiger partial charge on any atom is 0.278 e. The standard InChI is InChI=1S/C36H41N7O4/c1-23-26(5-2-7-29(23)39-35(46)31-11-10-24(20-38-31)21-41-16-12-25(45)22-41)27-6-3-9-33-28(27)13-17-42(33)36(47)32-19-34-30(37-14-18-44)8-4-15-43(34)40-32/h2-3,5-7,9-11,19-20,25,30,37,44-45H,4,8,12-18,21-22H2,1H3,(H,39,46)/t25-,30?/m1/s1. The molecule has 2 amide bonds. The summed E-state index contributed by atoms with van der Waals surface area (Å²) in [6.07, 6.45) is 4.87. The summed E-state index contributed by atoms with van der Waals surface area (Å²) >= 11 is 0. The second-order valence-corrected chi connectivity index (χ2v) is 12.7. The molecule has 7 rings (SSSR count). The third kappa shape index (κ3) is 6.31.